The van der Waals surface area contributed by atoms with Crippen LogP contribution in [0.5, 0.6) is 5.75 Å². The Morgan fingerprint density at radius 1 is 1.00 bits per heavy atom. The number of rotatable bonds is 4. The van der Waals surface area contributed by atoms with Crippen LogP contribution in [0.1, 0.15) is 40.8 Å². The predicted molar refractivity (Wildman–Crippen MR) is 84.0 cm³/mol. The number of hydrogen-bond donors (Lipinski definition) is 1. The highest BCUT2D eigenvalue weighted by Gasteiger charge is 2.09. The van der Waals surface area contributed by atoms with Crippen LogP contribution in [0.15, 0.2) is 36.4 Å². The van der Waals surface area contributed by atoms with Gasteiger partial charge in [-0.2, -0.15) is 0 Å². The monoisotopic (exact) mass is 269 g/mol. The van der Waals surface area contributed by atoms with Gasteiger partial charge in [-0.1, -0.05) is 35.9 Å². The van der Waals surface area contributed by atoms with Crippen LogP contribution in [-0.4, -0.2) is 0 Å². The van der Waals surface area contributed by atoms with Crippen molar-refractivity contribution >= 4 is 0 Å². The highest BCUT2D eigenvalue weighted by Crippen LogP contribution is 2.26. The second-order valence-corrected chi connectivity index (χ2v) is 5.55. The molecule has 0 fully saturated rings. The topological polar surface area (TPSA) is 35.2 Å². The molecule has 0 heterocycles. The third-order valence-electron chi connectivity index (χ3n) is 3.55. The Morgan fingerprint density at radius 2 is 1.65 bits per heavy atom. The maximum Gasteiger partial charge on any atom is 0.124 e. The summed E-state index contributed by atoms with van der Waals surface area (Å²) in [5.41, 5.74) is 12.0. The molecular formula is C18H23NO. The van der Waals surface area contributed by atoms with Crippen LogP contribution < -0.4 is 10.5 Å². The molecule has 106 valence electrons. The SMILES string of the molecule is Cc1ccc(C)c(COc2cc(C)ccc2[C@H](C)N)c1. The van der Waals surface area contributed by atoms with Gasteiger partial charge in [-0.25, -0.2) is 0 Å². The molecule has 0 unspecified atom stereocenters. The van der Waals surface area contributed by atoms with Crippen molar-refractivity contribution in [3.63, 3.8) is 0 Å². The van der Waals surface area contributed by atoms with Crippen molar-refractivity contribution in [3.8, 4) is 5.75 Å². The highest BCUT2D eigenvalue weighted by atomic mass is 16.5. The normalized spacial score (nSPS) is 12.2. The van der Waals surface area contributed by atoms with E-state index in [2.05, 4.69) is 57.2 Å². The first-order valence-electron chi connectivity index (χ1n) is 7.02. The Balaban J connectivity index is 2.22. The van der Waals surface area contributed by atoms with Crippen LogP contribution in [0.4, 0.5) is 0 Å². The quantitative estimate of drug-likeness (QED) is 0.902. The molecule has 2 heteroatoms. The summed E-state index contributed by atoms with van der Waals surface area (Å²) in [5.74, 6) is 0.890. The van der Waals surface area contributed by atoms with Crippen LogP contribution in [-0.2, 0) is 6.61 Å². The standard InChI is InChI=1S/C18H23NO/c1-12-5-7-14(3)16(9-12)11-20-18-10-13(2)6-8-17(18)15(4)19/h5-10,15H,11,19H2,1-4H3/t15-/m0/s1. The van der Waals surface area contributed by atoms with Crippen molar-refractivity contribution in [2.24, 2.45) is 5.73 Å². The molecule has 0 saturated carbocycles. The third kappa shape index (κ3) is 3.40. The maximum absolute atomic E-state index is 6.02. The lowest BCUT2D eigenvalue weighted by Gasteiger charge is -2.16. The summed E-state index contributed by atoms with van der Waals surface area (Å²) in [7, 11) is 0. The molecule has 2 aromatic carbocycles. The van der Waals surface area contributed by atoms with Gasteiger partial charge in [0.1, 0.15) is 12.4 Å². The van der Waals surface area contributed by atoms with Crippen LogP contribution >= 0.6 is 0 Å². The molecule has 0 saturated heterocycles. The molecule has 0 aliphatic rings. The fourth-order valence-corrected chi connectivity index (χ4v) is 2.25. The van der Waals surface area contributed by atoms with Gasteiger partial charge in [-0.3, -0.25) is 0 Å². The van der Waals surface area contributed by atoms with E-state index in [1.807, 2.05) is 6.92 Å². The fourth-order valence-electron chi connectivity index (χ4n) is 2.25. The second kappa shape index (κ2) is 6.10. The molecule has 0 aliphatic heterocycles. The zero-order valence-electron chi connectivity index (χ0n) is 12.7. The van der Waals surface area contributed by atoms with E-state index in [4.69, 9.17) is 10.5 Å². The van der Waals surface area contributed by atoms with Crippen molar-refractivity contribution in [1.29, 1.82) is 0 Å². The molecule has 2 nitrogen and oxygen atoms in total. The van der Waals surface area contributed by atoms with Crippen molar-refractivity contribution in [2.75, 3.05) is 0 Å². The molecule has 0 aliphatic carbocycles. The van der Waals surface area contributed by atoms with E-state index < -0.39 is 0 Å². The highest BCUT2D eigenvalue weighted by molar-refractivity contribution is 5.39. The third-order valence-corrected chi connectivity index (χ3v) is 3.55. The smallest absolute Gasteiger partial charge is 0.124 e. The Hall–Kier alpha value is -1.80. The lowest BCUT2D eigenvalue weighted by Crippen LogP contribution is -2.08. The fraction of sp³-hybridized carbons (Fsp3) is 0.333. The molecule has 0 bridgehead atoms. The van der Waals surface area contributed by atoms with E-state index in [1.165, 1.54) is 22.3 Å². The summed E-state index contributed by atoms with van der Waals surface area (Å²) >= 11 is 0. The lowest BCUT2D eigenvalue weighted by molar-refractivity contribution is 0.300. The predicted octanol–water partition coefficient (Wildman–Crippen LogP) is 4.21. The number of ether oxygens (including phenoxy) is 1. The van der Waals surface area contributed by atoms with E-state index in [0.717, 1.165) is 11.3 Å². The molecule has 2 N–H and O–H groups in total. The summed E-state index contributed by atoms with van der Waals surface area (Å²) in [6, 6.07) is 12.6. The van der Waals surface area contributed by atoms with Gasteiger partial charge in [-0.05, 0) is 50.5 Å². The van der Waals surface area contributed by atoms with Crippen molar-refractivity contribution in [3.05, 3.63) is 64.2 Å². The van der Waals surface area contributed by atoms with Gasteiger partial charge in [0.2, 0.25) is 0 Å². The first-order chi connectivity index (χ1) is 9.47. The first kappa shape index (κ1) is 14.6. The van der Waals surface area contributed by atoms with Crippen LogP contribution in [0, 0.1) is 20.8 Å². The number of nitrogens with two attached hydrogens (primary N) is 1. The van der Waals surface area contributed by atoms with E-state index in [0.29, 0.717) is 6.61 Å². The van der Waals surface area contributed by atoms with Crippen LogP contribution in [0.25, 0.3) is 0 Å². The molecule has 2 aromatic rings. The van der Waals surface area contributed by atoms with Gasteiger partial charge in [-0.15, -0.1) is 0 Å². The Labute approximate surface area is 121 Å². The van der Waals surface area contributed by atoms with E-state index >= 15 is 0 Å². The molecule has 1 atom stereocenters. The number of hydrogen-bond acceptors (Lipinski definition) is 2. The van der Waals surface area contributed by atoms with Gasteiger partial charge < -0.3 is 10.5 Å². The van der Waals surface area contributed by atoms with Gasteiger partial charge >= 0.3 is 0 Å². The first-order valence-corrected chi connectivity index (χ1v) is 7.02. The maximum atomic E-state index is 6.02. The Kier molecular flexibility index (Phi) is 4.46. The summed E-state index contributed by atoms with van der Waals surface area (Å²) in [4.78, 5) is 0. The zero-order valence-corrected chi connectivity index (χ0v) is 12.7. The molecule has 0 spiro atoms. The van der Waals surface area contributed by atoms with Crippen molar-refractivity contribution in [1.82, 2.24) is 0 Å². The number of benzene rings is 2. The van der Waals surface area contributed by atoms with Gasteiger partial charge in [0, 0.05) is 11.6 Å². The Morgan fingerprint density at radius 3 is 2.35 bits per heavy atom. The molecular weight excluding hydrogens is 246 g/mol. The molecule has 2 rings (SSSR count). The molecule has 0 radical (unpaired) electrons. The minimum absolute atomic E-state index is 0.0239. The number of aryl methyl sites for hydroxylation is 3. The van der Waals surface area contributed by atoms with E-state index in [9.17, 15) is 0 Å². The minimum Gasteiger partial charge on any atom is -0.489 e. The van der Waals surface area contributed by atoms with Crippen LogP contribution in [0.2, 0.25) is 0 Å². The molecule has 0 amide bonds. The zero-order chi connectivity index (χ0) is 14.7. The largest absolute Gasteiger partial charge is 0.489 e. The average Bonchev–Trinajstić information content (AvgIpc) is 2.39. The van der Waals surface area contributed by atoms with Crippen molar-refractivity contribution in [2.45, 2.75) is 40.3 Å². The summed E-state index contributed by atoms with van der Waals surface area (Å²) < 4.78 is 6.02. The van der Waals surface area contributed by atoms with Gasteiger partial charge in [0.25, 0.3) is 0 Å². The van der Waals surface area contributed by atoms with Gasteiger partial charge in [0.15, 0.2) is 0 Å². The van der Waals surface area contributed by atoms with Crippen LogP contribution in [0.3, 0.4) is 0 Å². The second-order valence-electron chi connectivity index (χ2n) is 5.55. The van der Waals surface area contributed by atoms with Crippen molar-refractivity contribution < 1.29 is 4.74 Å². The molecule has 0 aromatic heterocycles. The summed E-state index contributed by atoms with van der Waals surface area (Å²) in [6.45, 7) is 8.84. The summed E-state index contributed by atoms with van der Waals surface area (Å²) in [6.07, 6.45) is 0. The molecule has 20 heavy (non-hydrogen) atoms. The lowest BCUT2D eigenvalue weighted by atomic mass is 10.0. The minimum atomic E-state index is -0.0239. The van der Waals surface area contributed by atoms with Gasteiger partial charge in [0.05, 0.1) is 0 Å². The Bertz CT molecular complexity index is 602. The average molecular weight is 269 g/mol. The summed E-state index contributed by atoms with van der Waals surface area (Å²) in [5, 5.41) is 0. The van der Waals surface area contributed by atoms with E-state index in [-0.39, 0.29) is 6.04 Å². The van der Waals surface area contributed by atoms with E-state index in [1.54, 1.807) is 0 Å².